The predicted octanol–water partition coefficient (Wildman–Crippen LogP) is 8.99. The molecular formula is C35H32Cl2FNO4S. The zero-order chi connectivity index (χ0) is 31.6. The van der Waals surface area contributed by atoms with Gasteiger partial charge in [0.2, 0.25) is 5.91 Å². The standard InChI is InChI=1S/C35H32Cl2FNO4S/c1-34(2,3)17-20-15-23(27(40)13-18-8-11-28-19(12-18)14-29(44-28)32(41)43-4)30(22-6-5-7-25(37)31(22)38)35(20)24-10-9-21(36)16-26(24)39-33(35)42/h5-12,14,16,20,23,30H,13,15,17H2,1-4H3,(H,39,42)/t20-,23-,30-,35-/m0/s1. The van der Waals surface area contributed by atoms with Crippen LogP contribution in [0.4, 0.5) is 10.1 Å². The Morgan fingerprint density at radius 2 is 1.86 bits per heavy atom. The molecule has 1 spiro atoms. The van der Waals surface area contributed by atoms with Gasteiger partial charge in [-0.1, -0.05) is 68.2 Å². The first-order chi connectivity index (χ1) is 20.8. The number of thiophene rings is 1. The molecule has 1 aliphatic heterocycles. The van der Waals surface area contributed by atoms with Gasteiger partial charge >= 0.3 is 5.97 Å². The second-order valence-corrected chi connectivity index (χ2v) is 15.0. The smallest absolute Gasteiger partial charge is 0.348 e. The monoisotopic (exact) mass is 651 g/mol. The van der Waals surface area contributed by atoms with E-state index in [1.165, 1.54) is 24.5 Å². The topological polar surface area (TPSA) is 72.5 Å². The largest absolute Gasteiger partial charge is 0.465 e. The van der Waals surface area contributed by atoms with Gasteiger partial charge in [0.05, 0.1) is 17.5 Å². The van der Waals surface area contributed by atoms with E-state index >= 15 is 4.39 Å². The highest BCUT2D eigenvalue weighted by Crippen LogP contribution is 2.64. The fourth-order valence-electron chi connectivity index (χ4n) is 7.50. The van der Waals surface area contributed by atoms with Gasteiger partial charge < -0.3 is 10.1 Å². The molecule has 9 heteroatoms. The maximum Gasteiger partial charge on any atom is 0.348 e. The van der Waals surface area contributed by atoms with Crippen molar-refractivity contribution in [3.63, 3.8) is 0 Å². The summed E-state index contributed by atoms with van der Waals surface area (Å²) in [4.78, 5) is 41.3. The number of nitrogens with one attached hydrogen (secondary N) is 1. The number of methoxy groups -OCH3 is 1. The van der Waals surface area contributed by atoms with Crippen LogP contribution in [0.3, 0.4) is 0 Å². The molecule has 0 bridgehead atoms. The number of fused-ring (bicyclic) bond motifs is 3. The van der Waals surface area contributed by atoms with Crippen LogP contribution in [-0.2, 0) is 26.2 Å². The fourth-order valence-corrected chi connectivity index (χ4v) is 8.82. The van der Waals surface area contributed by atoms with Crippen LogP contribution in [0.2, 0.25) is 10.0 Å². The van der Waals surface area contributed by atoms with E-state index in [1.807, 2.05) is 24.3 Å². The molecule has 1 aliphatic carbocycles. The summed E-state index contributed by atoms with van der Waals surface area (Å²) in [5.74, 6) is -3.07. The summed E-state index contributed by atoms with van der Waals surface area (Å²) in [7, 11) is 1.34. The molecule has 2 heterocycles. The maximum absolute atomic E-state index is 16.0. The van der Waals surface area contributed by atoms with E-state index in [0.717, 1.165) is 21.2 Å². The first kappa shape index (κ1) is 30.8. The van der Waals surface area contributed by atoms with Crippen molar-refractivity contribution in [2.45, 2.75) is 51.4 Å². The molecule has 0 saturated heterocycles. The van der Waals surface area contributed by atoms with Crippen molar-refractivity contribution in [2.75, 3.05) is 12.4 Å². The van der Waals surface area contributed by atoms with Gasteiger partial charge in [-0.2, -0.15) is 0 Å². The number of benzene rings is 3. The minimum atomic E-state index is -1.20. The van der Waals surface area contributed by atoms with Crippen LogP contribution in [0.15, 0.2) is 60.7 Å². The van der Waals surface area contributed by atoms with Crippen LogP contribution in [0.5, 0.6) is 0 Å². The number of carbonyl (C=O) groups excluding carboxylic acids is 3. The number of halogens is 3. The average molecular weight is 653 g/mol. The summed E-state index contributed by atoms with van der Waals surface area (Å²) >= 11 is 14.0. The third kappa shape index (κ3) is 5.13. The average Bonchev–Trinajstić information content (AvgIpc) is 3.61. The molecule has 0 radical (unpaired) electrons. The fraction of sp³-hybridized carbons (Fsp3) is 0.343. The number of Topliss-reactive ketones (excluding diaryl/α,β-unsaturated/α-hetero) is 1. The molecular weight excluding hydrogens is 620 g/mol. The zero-order valence-corrected chi connectivity index (χ0v) is 27.1. The third-order valence-electron chi connectivity index (χ3n) is 9.06. The van der Waals surface area contributed by atoms with Crippen LogP contribution in [0.1, 0.15) is 65.9 Å². The Bertz CT molecular complexity index is 1830. The molecule has 0 unspecified atom stereocenters. The lowest BCUT2D eigenvalue weighted by Gasteiger charge is -2.39. The zero-order valence-electron chi connectivity index (χ0n) is 24.8. The molecule has 1 aromatic heterocycles. The lowest BCUT2D eigenvalue weighted by Crippen LogP contribution is -2.45. The normalized spacial score (nSPS) is 22.8. The summed E-state index contributed by atoms with van der Waals surface area (Å²) in [6.45, 7) is 6.33. The summed E-state index contributed by atoms with van der Waals surface area (Å²) in [5, 5.41) is 4.30. The highest BCUT2D eigenvalue weighted by molar-refractivity contribution is 7.20. The predicted molar refractivity (Wildman–Crippen MR) is 173 cm³/mol. The number of anilines is 1. The SMILES string of the molecule is COC(=O)c1cc2cc(CC(=O)[C@@H]3C[C@@H](CC(C)(C)C)[C@@]4(C(=O)Nc5cc(Cl)ccc54)[C@H]3c3cccc(Cl)c3F)ccc2s1. The summed E-state index contributed by atoms with van der Waals surface area (Å²) in [6, 6.07) is 17.6. The van der Waals surface area contributed by atoms with Gasteiger partial charge in [0.15, 0.2) is 0 Å². The van der Waals surface area contributed by atoms with E-state index in [2.05, 4.69) is 26.1 Å². The Hall–Kier alpha value is -3.26. The van der Waals surface area contributed by atoms with Gasteiger partial charge in [0.25, 0.3) is 0 Å². The summed E-state index contributed by atoms with van der Waals surface area (Å²) in [5.41, 5.74) is 0.983. The summed E-state index contributed by atoms with van der Waals surface area (Å²) in [6.07, 6.45) is 1.15. The Labute approximate surface area is 269 Å². The van der Waals surface area contributed by atoms with E-state index in [-0.39, 0.29) is 40.0 Å². The lowest BCUT2D eigenvalue weighted by atomic mass is 9.61. The van der Waals surface area contributed by atoms with E-state index in [4.69, 9.17) is 27.9 Å². The van der Waals surface area contributed by atoms with Crippen molar-refractivity contribution in [1.29, 1.82) is 0 Å². The van der Waals surface area contributed by atoms with Crippen molar-refractivity contribution in [1.82, 2.24) is 0 Å². The first-order valence-corrected chi connectivity index (χ1v) is 16.1. The van der Waals surface area contributed by atoms with Crippen molar-refractivity contribution in [2.24, 2.45) is 17.3 Å². The van der Waals surface area contributed by atoms with Crippen LogP contribution in [0, 0.1) is 23.1 Å². The van der Waals surface area contributed by atoms with Crippen LogP contribution in [0.25, 0.3) is 10.1 Å². The van der Waals surface area contributed by atoms with Crippen LogP contribution < -0.4 is 5.32 Å². The first-order valence-electron chi connectivity index (χ1n) is 14.5. The van der Waals surface area contributed by atoms with Gasteiger partial charge in [-0.15, -0.1) is 11.3 Å². The van der Waals surface area contributed by atoms with E-state index in [1.54, 1.807) is 30.3 Å². The molecule has 44 heavy (non-hydrogen) atoms. The number of esters is 1. The number of hydrogen-bond acceptors (Lipinski definition) is 5. The molecule has 4 aromatic rings. The number of ether oxygens (including phenoxy) is 1. The van der Waals surface area contributed by atoms with Gasteiger partial charge in [-0.3, -0.25) is 9.59 Å². The quantitative estimate of drug-likeness (QED) is 0.211. The van der Waals surface area contributed by atoms with E-state index in [0.29, 0.717) is 28.4 Å². The third-order valence-corrected chi connectivity index (χ3v) is 10.7. The minimum absolute atomic E-state index is 0.0535. The molecule has 1 saturated carbocycles. The molecule has 2 aliphatic rings. The van der Waals surface area contributed by atoms with Crippen LogP contribution in [-0.4, -0.2) is 24.8 Å². The molecule has 5 nitrogen and oxygen atoms in total. The maximum atomic E-state index is 16.0. The van der Waals surface area contributed by atoms with Crippen molar-refractivity contribution in [3.8, 4) is 0 Å². The highest BCUT2D eigenvalue weighted by atomic mass is 35.5. The van der Waals surface area contributed by atoms with Gasteiger partial charge in [-0.05, 0) is 82.6 Å². The molecule has 6 rings (SSSR count). The van der Waals surface area contributed by atoms with Gasteiger partial charge in [-0.25, -0.2) is 9.18 Å². The van der Waals surface area contributed by atoms with Crippen molar-refractivity contribution in [3.05, 3.63) is 98.1 Å². The molecule has 4 atom stereocenters. The second kappa shape index (κ2) is 11.3. The molecule has 1 N–H and O–H groups in total. The Balaban J connectivity index is 1.48. The Morgan fingerprint density at radius 1 is 1.09 bits per heavy atom. The molecule has 1 fully saturated rings. The van der Waals surface area contributed by atoms with E-state index < -0.39 is 29.0 Å². The summed E-state index contributed by atoms with van der Waals surface area (Å²) < 4.78 is 21.8. The number of carbonyl (C=O) groups is 3. The molecule has 3 aromatic carbocycles. The number of hydrogen-bond donors (Lipinski definition) is 1. The van der Waals surface area contributed by atoms with Crippen molar-refractivity contribution >= 4 is 68.0 Å². The molecule has 1 amide bonds. The number of rotatable bonds is 6. The van der Waals surface area contributed by atoms with Gasteiger partial charge in [0.1, 0.15) is 16.5 Å². The second-order valence-electron chi connectivity index (χ2n) is 13.1. The highest BCUT2D eigenvalue weighted by Gasteiger charge is 2.65. The lowest BCUT2D eigenvalue weighted by molar-refractivity contribution is -0.124. The van der Waals surface area contributed by atoms with Gasteiger partial charge in [0, 0.05) is 33.7 Å². The van der Waals surface area contributed by atoms with Crippen LogP contribution >= 0.6 is 34.5 Å². The number of amides is 1. The Kier molecular flexibility index (Phi) is 7.88. The van der Waals surface area contributed by atoms with Crippen molar-refractivity contribution < 1.29 is 23.5 Å². The minimum Gasteiger partial charge on any atom is -0.465 e. The van der Waals surface area contributed by atoms with E-state index in [9.17, 15) is 14.4 Å². The number of ketones is 1. The molecule has 228 valence electrons. The Morgan fingerprint density at radius 3 is 2.59 bits per heavy atom.